The van der Waals surface area contributed by atoms with Crippen LogP contribution >= 0.6 is 0 Å². The van der Waals surface area contributed by atoms with Crippen molar-refractivity contribution >= 4 is 11.9 Å². The largest absolute Gasteiger partial charge is 0.489 e. The summed E-state index contributed by atoms with van der Waals surface area (Å²) in [6.07, 6.45) is 0.729. The predicted molar refractivity (Wildman–Crippen MR) is 98.4 cm³/mol. The Bertz CT molecular complexity index is 578. The highest BCUT2D eigenvalue weighted by Crippen LogP contribution is 2.13. The molecule has 0 heterocycles. The molecule has 25 heavy (non-hydrogen) atoms. The van der Waals surface area contributed by atoms with Crippen molar-refractivity contribution in [3.63, 3.8) is 0 Å². The van der Waals surface area contributed by atoms with E-state index in [2.05, 4.69) is 22.5 Å². The summed E-state index contributed by atoms with van der Waals surface area (Å²) in [5.74, 6) is 0.625. The first-order chi connectivity index (χ1) is 11.8. The van der Waals surface area contributed by atoms with Gasteiger partial charge in [0.05, 0.1) is 6.54 Å². The number of hydrogen-bond acceptors (Lipinski definition) is 3. The van der Waals surface area contributed by atoms with Crippen LogP contribution in [-0.4, -0.2) is 56.1 Å². The van der Waals surface area contributed by atoms with Gasteiger partial charge in [0.25, 0.3) is 0 Å². The number of nitrogens with zero attached hydrogens (tertiary/aromatic N) is 2. The molecule has 0 radical (unpaired) electrons. The van der Waals surface area contributed by atoms with Gasteiger partial charge < -0.3 is 20.3 Å². The number of ether oxygens (including phenoxy) is 1. The maximum Gasteiger partial charge on any atom is 0.243 e. The molecule has 0 aliphatic carbocycles. The number of likely N-dealkylation sites (N-methyl/N-ethyl adjacent to an activating group) is 1. The lowest BCUT2D eigenvalue weighted by Crippen LogP contribution is -2.45. The molecule has 0 fully saturated rings. The first-order valence-corrected chi connectivity index (χ1v) is 8.49. The molecule has 0 aliphatic rings. The number of nitrogens with one attached hydrogen (secondary N) is 2. The molecule has 0 saturated carbocycles. The summed E-state index contributed by atoms with van der Waals surface area (Å²) in [6.45, 7) is 6.52. The van der Waals surface area contributed by atoms with Crippen LogP contribution in [0.4, 0.5) is 4.39 Å². The van der Waals surface area contributed by atoms with E-state index < -0.39 is 0 Å². The molecule has 2 atom stereocenters. The molecular weight excluding hydrogens is 323 g/mol. The van der Waals surface area contributed by atoms with E-state index in [1.54, 1.807) is 26.2 Å². The predicted octanol–water partition coefficient (Wildman–Crippen LogP) is 2.01. The molecular formula is C18H29FN4O2. The van der Waals surface area contributed by atoms with Crippen molar-refractivity contribution < 1.29 is 13.9 Å². The van der Waals surface area contributed by atoms with Gasteiger partial charge in [-0.3, -0.25) is 4.79 Å². The number of rotatable bonds is 8. The Morgan fingerprint density at radius 2 is 2.08 bits per heavy atom. The Balaban J connectivity index is 2.60. The third kappa shape index (κ3) is 8.37. The number of guanidine groups is 1. The second-order valence-electron chi connectivity index (χ2n) is 6.17. The SMILES string of the molecule is CCC(C)NC(=NCC(=O)N(C)C)NCC(C)Oc1cccc(F)c1. The van der Waals surface area contributed by atoms with E-state index in [1.807, 2.05) is 13.8 Å². The lowest BCUT2D eigenvalue weighted by molar-refractivity contribution is -0.127. The van der Waals surface area contributed by atoms with Crippen molar-refractivity contribution in [2.24, 2.45) is 4.99 Å². The van der Waals surface area contributed by atoms with Gasteiger partial charge in [0.1, 0.15) is 24.2 Å². The van der Waals surface area contributed by atoms with E-state index in [0.29, 0.717) is 18.3 Å². The Hall–Kier alpha value is -2.31. The van der Waals surface area contributed by atoms with E-state index >= 15 is 0 Å². The summed E-state index contributed by atoms with van der Waals surface area (Å²) in [5.41, 5.74) is 0. The molecule has 0 spiro atoms. The highest BCUT2D eigenvalue weighted by atomic mass is 19.1. The Morgan fingerprint density at radius 1 is 1.36 bits per heavy atom. The zero-order chi connectivity index (χ0) is 18.8. The summed E-state index contributed by atoms with van der Waals surface area (Å²) in [4.78, 5) is 17.5. The molecule has 0 aromatic heterocycles. The van der Waals surface area contributed by atoms with Gasteiger partial charge >= 0.3 is 0 Å². The van der Waals surface area contributed by atoms with Crippen molar-refractivity contribution in [3.8, 4) is 5.75 Å². The van der Waals surface area contributed by atoms with Crippen LogP contribution in [0.3, 0.4) is 0 Å². The van der Waals surface area contributed by atoms with Crippen LogP contribution in [-0.2, 0) is 4.79 Å². The topological polar surface area (TPSA) is 66.0 Å². The van der Waals surface area contributed by atoms with Crippen LogP contribution < -0.4 is 15.4 Å². The maximum absolute atomic E-state index is 13.2. The fraction of sp³-hybridized carbons (Fsp3) is 0.556. The van der Waals surface area contributed by atoms with Crippen molar-refractivity contribution in [2.45, 2.75) is 39.3 Å². The van der Waals surface area contributed by atoms with Crippen molar-refractivity contribution in [3.05, 3.63) is 30.1 Å². The molecule has 6 nitrogen and oxygen atoms in total. The summed E-state index contributed by atoms with van der Waals surface area (Å²) in [5, 5.41) is 6.41. The number of carbonyl (C=O) groups is 1. The molecule has 1 amide bonds. The smallest absolute Gasteiger partial charge is 0.243 e. The van der Waals surface area contributed by atoms with Crippen LogP contribution in [0.25, 0.3) is 0 Å². The standard InChI is InChI=1S/C18H29FN4O2/c1-6-13(2)22-18(21-12-17(24)23(4)5)20-11-14(3)25-16-9-7-8-15(19)10-16/h7-10,13-14H,6,11-12H2,1-5H3,(H2,20,21,22). The molecule has 2 N–H and O–H groups in total. The van der Waals surface area contributed by atoms with Crippen molar-refractivity contribution in [1.29, 1.82) is 0 Å². The second-order valence-corrected chi connectivity index (χ2v) is 6.17. The van der Waals surface area contributed by atoms with Gasteiger partial charge in [-0.25, -0.2) is 9.38 Å². The van der Waals surface area contributed by atoms with Gasteiger partial charge in [-0.2, -0.15) is 0 Å². The molecule has 1 rings (SSSR count). The molecule has 1 aromatic carbocycles. The molecule has 0 bridgehead atoms. The summed E-state index contributed by atoms with van der Waals surface area (Å²) >= 11 is 0. The highest BCUT2D eigenvalue weighted by molar-refractivity contribution is 5.84. The van der Waals surface area contributed by atoms with E-state index in [-0.39, 0.29) is 30.4 Å². The van der Waals surface area contributed by atoms with Gasteiger partial charge in [0.15, 0.2) is 5.96 Å². The minimum Gasteiger partial charge on any atom is -0.489 e. The first-order valence-electron chi connectivity index (χ1n) is 8.49. The zero-order valence-electron chi connectivity index (χ0n) is 15.7. The molecule has 0 aliphatic heterocycles. The Kier molecular flexibility index (Phi) is 8.74. The van der Waals surface area contributed by atoms with Gasteiger partial charge in [-0.15, -0.1) is 0 Å². The van der Waals surface area contributed by atoms with Crippen molar-refractivity contribution in [1.82, 2.24) is 15.5 Å². The average molecular weight is 352 g/mol. The van der Waals surface area contributed by atoms with E-state index in [9.17, 15) is 9.18 Å². The number of hydrogen-bond donors (Lipinski definition) is 2. The van der Waals surface area contributed by atoms with Crippen LogP contribution in [0, 0.1) is 5.82 Å². The summed E-state index contributed by atoms with van der Waals surface area (Å²) in [7, 11) is 3.39. The highest BCUT2D eigenvalue weighted by Gasteiger charge is 2.10. The minimum absolute atomic E-state index is 0.0674. The quantitative estimate of drug-likeness (QED) is 0.555. The number of halogens is 1. The fourth-order valence-electron chi connectivity index (χ4n) is 1.83. The lowest BCUT2D eigenvalue weighted by Gasteiger charge is -2.20. The Labute approximate surface area is 149 Å². The normalized spacial score (nSPS) is 13.8. The lowest BCUT2D eigenvalue weighted by atomic mass is 10.3. The van der Waals surface area contributed by atoms with Crippen LogP contribution in [0.1, 0.15) is 27.2 Å². The Morgan fingerprint density at radius 3 is 2.68 bits per heavy atom. The molecule has 1 aromatic rings. The second kappa shape index (κ2) is 10.5. The number of benzene rings is 1. The van der Waals surface area contributed by atoms with Crippen LogP contribution in [0.2, 0.25) is 0 Å². The molecule has 2 unspecified atom stereocenters. The van der Waals surface area contributed by atoms with Gasteiger partial charge in [-0.1, -0.05) is 13.0 Å². The fourth-order valence-corrected chi connectivity index (χ4v) is 1.83. The van der Waals surface area contributed by atoms with Crippen LogP contribution in [0.5, 0.6) is 5.75 Å². The number of amides is 1. The minimum atomic E-state index is -0.333. The van der Waals surface area contributed by atoms with Gasteiger partial charge in [-0.05, 0) is 32.4 Å². The molecule has 0 saturated heterocycles. The third-order valence-electron chi connectivity index (χ3n) is 3.56. The number of carbonyl (C=O) groups excluding carboxylic acids is 1. The summed E-state index contributed by atoms with van der Waals surface area (Å²) in [6, 6.07) is 6.26. The van der Waals surface area contributed by atoms with Gasteiger partial charge in [0, 0.05) is 26.2 Å². The molecule has 7 heteroatoms. The zero-order valence-corrected chi connectivity index (χ0v) is 15.7. The van der Waals surface area contributed by atoms with E-state index in [1.165, 1.54) is 17.0 Å². The van der Waals surface area contributed by atoms with Crippen LogP contribution in [0.15, 0.2) is 29.3 Å². The average Bonchev–Trinajstić information content (AvgIpc) is 2.56. The van der Waals surface area contributed by atoms with E-state index in [4.69, 9.17) is 4.74 Å². The number of aliphatic imine (C=N–C) groups is 1. The maximum atomic E-state index is 13.2. The molecule has 140 valence electrons. The van der Waals surface area contributed by atoms with Crippen molar-refractivity contribution in [2.75, 3.05) is 27.2 Å². The first kappa shape index (κ1) is 20.7. The third-order valence-corrected chi connectivity index (χ3v) is 3.56. The monoisotopic (exact) mass is 352 g/mol. The van der Waals surface area contributed by atoms with E-state index in [0.717, 1.165) is 6.42 Å². The van der Waals surface area contributed by atoms with Gasteiger partial charge in [0.2, 0.25) is 5.91 Å². The summed E-state index contributed by atoms with van der Waals surface area (Å²) < 4.78 is 18.9.